The van der Waals surface area contributed by atoms with Gasteiger partial charge in [0.15, 0.2) is 0 Å². The van der Waals surface area contributed by atoms with Crippen LogP contribution < -0.4 is 22.7 Å². The Labute approximate surface area is 227 Å². The van der Waals surface area contributed by atoms with Crippen LogP contribution in [0.3, 0.4) is 0 Å². The topological polar surface area (TPSA) is 38.5 Å². The van der Waals surface area contributed by atoms with Crippen LogP contribution >= 0.6 is 17.0 Å². The molecule has 0 bridgehead atoms. The maximum absolute atomic E-state index is 5.11. The number of epoxide rings is 1. The molecule has 1 fully saturated rings. The van der Waals surface area contributed by atoms with Gasteiger partial charge in [-0.15, -0.1) is 17.0 Å². The molecule has 1 aromatic carbocycles. The lowest BCUT2D eigenvalue weighted by Gasteiger charge is -2.30. The fourth-order valence-corrected chi connectivity index (χ4v) is 4.10. The van der Waals surface area contributed by atoms with Gasteiger partial charge < -0.3 is 31.9 Å². The Balaban J connectivity index is 0. The zero-order valence-electron chi connectivity index (χ0n) is 21.9. The minimum Gasteiger partial charge on any atom is -1.00 e. The second-order valence-electron chi connectivity index (χ2n) is 10.1. The molecule has 0 aliphatic carbocycles. The number of nitrogens with two attached hydrogens (primary N) is 1. The summed E-state index contributed by atoms with van der Waals surface area (Å²) < 4.78 is 5.85. The smallest absolute Gasteiger partial charge is 0.104 e. The molecule has 33 heavy (non-hydrogen) atoms. The van der Waals surface area contributed by atoms with E-state index in [9.17, 15) is 0 Å². The van der Waals surface area contributed by atoms with Gasteiger partial charge in [-0.2, -0.15) is 0 Å². The van der Waals surface area contributed by atoms with Gasteiger partial charge in [0.25, 0.3) is 0 Å². The molecule has 3 nitrogen and oxygen atoms in total. The summed E-state index contributed by atoms with van der Waals surface area (Å²) in [5, 5.41) is 0. The molecule has 196 valence electrons. The number of unbranched alkanes of at least 4 members (excludes halogenated alkanes) is 13. The van der Waals surface area contributed by atoms with Crippen LogP contribution in [-0.4, -0.2) is 44.4 Å². The molecule has 1 aliphatic heterocycles. The van der Waals surface area contributed by atoms with Crippen LogP contribution in [0, 0.1) is 0 Å². The highest BCUT2D eigenvalue weighted by Crippen LogP contribution is 2.15. The van der Waals surface area contributed by atoms with Gasteiger partial charge in [0.2, 0.25) is 0 Å². The number of rotatable bonds is 18. The van der Waals surface area contributed by atoms with Crippen molar-refractivity contribution < 1.29 is 26.2 Å². The van der Waals surface area contributed by atoms with Crippen LogP contribution in [0.2, 0.25) is 0 Å². The minimum atomic E-state index is 0. The number of nitrogens with zero attached hydrogens (tertiary/aromatic N) is 1. The number of quaternary nitrogens is 1. The van der Waals surface area contributed by atoms with Crippen molar-refractivity contribution in [3.8, 4) is 0 Å². The minimum absolute atomic E-state index is 0. The molecule has 0 spiro atoms. The average Bonchev–Trinajstić information content (AvgIpc) is 3.59. The lowest BCUT2D eigenvalue weighted by atomic mass is 10.0. The van der Waals surface area contributed by atoms with E-state index < -0.39 is 0 Å². The highest BCUT2D eigenvalue weighted by molar-refractivity contribution is 8.93. The largest absolute Gasteiger partial charge is 1.00 e. The quantitative estimate of drug-likeness (QED) is 0.153. The molecule has 0 radical (unpaired) electrons. The second-order valence-corrected chi connectivity index (χ2v) is 10.1. The van der Waals surface area contributed by atoms with Crippen LogP contribution in [0.1, 0.15) is 102 Å². The summed E-state index contributed by atoms with van der Waals surface area (Å²) in [6.07, 6.45) is 20.6. The highest BCUT2D eigenvalue weighted by atomic mass is 79.9. The van der Waals surface area contributed by atoms with Gasteiger partial charge in [-0.25, -0.2) is 0 Å². The molecular formula is C28H54Br2N2O. The number of benzene rings is 1. The Morgan fingerprint density at radius 1 is 0.788 bits per heavy atom. The number of hydrogen-bond donors (Lipinski definition) is 1. The van der Waals surface area contributed by atoms with Gasteiger partial charge in [-0.3, -0.25) is 0 Å². The monoisotopic (exact) mass is 592 g/mol. The van der Waals surface area contributed by atoms with E-state index >= 15 is 0 Å². The van der Waals surface area contributed by atoms with Crippen LogP contribution in [0.4, 0.5) is 0 Å². The summed E-state index contributed by atoms with van der Waals surface area (Å²) in [5.74, 6) is 0. The molecule has 0 amide bonds. The summed E-state index contributed by atoms with van der Waals surface area (Å²) >= 11 is 0. The predicted octanol–water partition coefficient (Wildman–Crippen LogP) is 4.67. The van der Waals surface area contributed by atoms with Crippen LogP contribution in [-0.2, 0) is 11.3 Å². The SMILES string of the molecule is Br.CCCCCCCCCCCCCCCC[N+](C)(C)Cc1ccccc1.NCC1CO1.[Br-]. The fourth-order valence-electron chi connectivity index (χ4n) is 4.10. The average molecular weight is 595 g/mol. The maximum atomic E-state index is 5.11. The van der Waals surface area contributed by atoms with E-state index in [-0.39, 0.29) is 34.0 Å². The molecule has 1 saturated heterocycles. The molecule has 1 unspecified atom stereocenters. The first-order valence-electron chi connectivity index (χ1n) is 13.2. The fraction of sp³-hybridized carbons (Fsp3) is 0.786. The first kappa shape index (κ1) is 35.2. The van der Waals surface area contributed by atoms with Crippen LogP contribution in [0.25, 0.3) is 0 Å². The van der Waals surface area contributed by atoms with Crippen LogP contribution in [0.5, 0.6) is 0 Å². The van der Waals surface area contributed by atoms with Gasteiger partial charge in [-0.1, -0.05) is 114 Å². The molecule has 1 aromatic rings. The van der Waals surface area contributed by atoms with Gasteiger partial charge in [-0.05, 0) is 12.8 Å². The Kier molecular flexibility index (Phi) is 25.4. The summed E-state index contributed by atoms with van der Waals surface area (Å²) in [5.41, 5.74) is 6.57. The summed E-state index contributed by atoms with van der Waals surface area (Å²) in [7, 11) is 4.74. The third-order valence-electron chi connectivity index (χ3n) is 6.24. The van der Waals surface area contributed by atoms with E-state index in [1.54, 1.807) is 0 Å². The number of ether oxygens (including phenoxy) is 1. The molecule has 0 aromatic heterocycles. The standard InChI is InChI=1S/C25H46N.C3H7NO.2BrH/c1-4-5-6-7-8-9-10-11-12-13-14-15-16-20-23-26(2,3)24-25-21-18-17-19-22-25;4-1-3-2-5-3;;/h17-19,21-22H,4-16,20,23-24H2,1-3H3;3H,1-2,4H2;2*1H/q+1;;;/p-1. The zero-order chi connectivity index (χ0) is 22.6. The zero-order valence-corrected chi connectivity index (χ0v) is 25.2. The Bertz CT molecular complexity index is 510. The Morgan fingerprint density at radius 3 is 1.58 bits per heavy atom. The second kappa shape index (κ2) is 23.8. The Hall–Kier alpha value is 0.0600. The van der Waals surface area contributed by atoms with Crippen molar-refractivity contribution in [2.45, 2.75) is 109 Å². The van der Waals surface area contributed by atoms with E-state index in [2.05, 4.69) is 51.4 Å². The summed E-state index contributed by atoms with van der Waals surface area (Å²) in [6, 6.07) is 10.9. The van der Waals surface area contributed by atoms with Gasteiger partial charge >= 0.3 is 0 Å². The van der Waals surface area contributed by atoms with E-state index in [0.717, 1.165) is 17.6 Å². The van der Waals surface area contributed by atoms with Crippen molar-refractivity contribution in [2.75, 3.05) is 33.8 Å². The molecule has 1 aliphatic rings. The van der Waals surface area contributed by atoms with E-state index in [1.165, 1.54) is 102 Å². The molecule has 2 N–H and O–H groups in total. The van der Waals surface area contributed by atoms with Crippen molar-refractivity contribution in [3.05, 3.63) is 35.9 Å². The Morgan fingerprint density at radius 2 is 1.21 bits per heavy atom. The van der Waals surface area contributed by atoms with Crippen molar-refractivity contribution in [2.24, 2.45) is 5.73 Å². The normalized spacial score (nSPS) is 14.5. The van der Waals surface area contributed by atoms with Gasteiger partial charge in [0, 0.05) is 12.1 Å². The molecule has 5 heteroatoms. The first-order valence-corrected chi connectivity index (χ1v) is 13.2. The molecule has 0 saturated carbocycles. The van der Waals surface area contributed by atoms with E-state index in [4.69, 9.17) is 10.5 Å². The van der Waals surface area contributed by atoms with Crippen LogP contribution in [0.15, 0.2) is 30.3 Å². The van der Waals surface area contributed by atoms with Gasteiger partial charge in [0.05, 0.1) is 33.4 Å². The lowest BCUT2D eigenvalue weighted by molar-refractivity contribution is -0.903. The molecule has 1 heterocycles. The van der Waals surface area contributed by atoms with Crippen molar-refractivity contribution in [1.29, 1.82) is 0 Å². The molecule has 2 rings (SSSR count). The van der Waals surface area contributed by atoms with E-state index in [0.29, 0.717) is 12.6 Å². The molecular weight excluding hydrogens is 540 g/mol. The van der Waals surface area contributed by atoms with Crippen molar-refractivity contribution >= 4 is 17.0 Å². The number of hydrogen-bond acceptors (Lipinski definition) is 2. The van der Waals surface area contributed by atoms with E-state index in [1.807, 2.05) is 0 Å². The van der Waals surface area contributed by atoms with Crippen molar-refractivity contribution in [1.82, 2.24) is 0 Å². The predicted molar refractivity (Wildman–Crippen MR) is 147 cm³/mol. The molecule has 1 atom stereocenters. The number of halogens is 2. The highest BCUT2D eigenvalue weighted by Gasteiger charge is 2.18. The first-order chi connectivity index (χ1) is 15.1. The third kappa shape index (κ3) is 23.6. The lowest BCUT2D eigenvalue weighted by Crippen LogP contribution is -3.00. The van der Waals surface area contributed by atoms with Crippen molar-refractivity contribution in [3.63, 3.8) is 0 Å². The van der Waals surface area contributed by atoms with Gasteiger partial charge in [0.1, 0.15) is 6.54 Å². The summed E-state index contributed by atoms with van der Waals surface area (Å²) in [4.78, 5) is 0. The maximum Gasteiger partial charge on any atom is 0.104 e. The third-order valence-corrected chi connectivity index (χ3v) is 6.24. The summed E-state index contributed by atoms with van der Waals surface area (Å²) in [6.45, 7) is 6.33.